The minimum Gasteiger partial charge on any atom is -0.489 e. The highest BCUT2D eigenvalue weighted by atomic mass is 35.5. The van der Waals surface area contributed by atoms with E-state index in [0.717, 1.165) is 17.0 Å². The molecule has 0 fully saturated rings. The third kappa shape index (κ3) is 3.44. The maximum Gasteiger partial charge on any atom is 0.123 e. The molecule has 2 N–H and O–H groups in total. The summed E-state index contributed by atoms with van der Waals surface area (Å²) >= 11 is 5.89. The molecule has 0 unspecified atom stereocenters. The lowest BCUT2D eigenvalue weighted by molar-refractivity contribution is 0.305. The SMILES string of the molecule is NCc1cc(OCc2cccc(Cl)c2)ccn1. The van der Waals surface area contributed by atoms with E-state index in [9.17, 15) is 0 Å². The van der Waals surface area contributed by atoms with Gasteiger partial charge in [-0.25, -0.2) is 0 Å². The molecule has 2 aromatic rings. The van der Waals surface area contributed by atoms with Crippen molar-refractivity contribution in [2.45, 2.75) is 13.2 Å². The van der Waals surface area contributed by atoms with Gasteiger partial charge in [-0.15, -0.1) is 0 Å². The summed E-state index contributed by atoms with van der Waals surface area (Å²) in [4.78, 5) is 4.10. The highest BCUT2D eigenvalue weighted by molar-refractivity contribution is 6.30. The van der Waals surface area contributed by atoms with Gasteiger partial charge in [-0.05, 0) is 23.8 Å². The molecule has 4 heteroatoms. The van der Waals surface area contributed by atoms with E-state index in [2.05, 4.69) is 4.98 Å². The van der Waals surface area contributed by atoms with Gasteiger partial charge in [0, 0.05) is 23.8 Å². The monoisotopic (exact) mass is 248 g/mol. The summed E-state index contributed by atoms with van der Waals surface area (Å²) in [6.07, 6.45) is 1.69. The van der Waals surface area contributed by atoms with Crippen LogP contribution >= 0.6 is 11.6 Å². The summed E-state index contributed by atoms with van der Waals surface area (Å²) in [6.45, 7) is 0.892. The number of rotatable bonds is 4. The molecular formula is C13H13ClN2O. The molecule has 0 spiro atoms. The topological polar surface area (TPSA) is 48.1 Å². The Morgan fingerprint density at radius 2 is 2.12 bits per heavy atom. The molecule has 0 saturated heterocycles. The molecule has 88 valence electrons. The fraction of sp³-hybridized carbons (Fsp3) is 0.154. The van der Waals surface area contributed by atoms with Crippen LogP contribution in [0.2, 0.25) is 5.02 Å². The molecule has 2 rings (SSSR count). The second kappa shape index (κ2) is 5.66. The summed E-state index contributed by atoms with van der Waals surface area (Å²) in [5.74, 6) is 0.764. The van der Waals surface area contributed by atoms with Gasteiger partial charge in [0.1, 0.15) is 12.4 Å². The summed E-state index contributed by atoms with van der Waals surface area (Å²) < 4.78 is 5.64. The van der Waals surface area contributed by atoms with Gasteiger partial charge in [-0.1, -0.05) is 23.7 Å². The Kier molecular flexibility index (Phi) is 3.96. The van der Waals surface area contributed by atoms with E-state index >= 15 is 0 Å². The zero-order chi connectivity index (χ0) is 12.1. The first-order valence-corrected chi connectivity index (χ1v) is 5.68. The molecule has 0 amide bonds. The highest BCUT2D eigenvalue weighted by Gasteiger charge is 1.98. The van der Waals surface area contributed by atoms with E-state index < -0.39 is 0 Å². The molecule has 1 aromatic heterocycles. The number of benzene rings is 1. The molecule has 1 aromatic carbocycles. The Hall–Kier alpha value is -1.58. The van der Waals surface area contributed by atoms with Crippen molar-refractivity contribution in [2.24, 2.45) is 5.73 Å². The van der Waals surface area contributed by atoms with Crippen molar-refractivity contribution in [3.63, 3.8) is 0 Å². The van der Waals surface area contributed by atoms with Crippen molar-refractivity contribution < 1.29 is 4.74 Å². The molecule has 17 heavy (non-hydrogen) atoms. The number of pyridine rings is 1. The average Bonchev–Trinajstić information content (AvgIpc) is 2.37. The van der Waals surface area contributed by atoms with Crippen LogP contribution in [0.4, 0.5) is 0 Å². The van der Waals surface area contributed by atoms with Crippen molar-refractivity contribution in [2.75, 3.05) is 0 Å². The fourth-order valence-electron chi connectivity index (χ4n) is 1.45. The largest absolute Gasteiger partial charge is 0.489 e. The van der Waals surface area contributed by atoms with Crippen LogP contribution in [0.25, 0.3) is 0 Å². The predicted molar refractivity (Wildman–Crippen MR) is 67.9 cm³/mol. The van der Waals surface area contributed by atoms with Crippen LogP contribution in [-0.2, 0) is 13.2 Å². The second-order valence-corrected chi connectivity index (χ2v) is 4.04. The Morgan fingerprint density at radius 1 is 1.24 bits per heavy atom. The number of nitrogens with two attached hydrogens (primary N) is 1. The second-order valence-electron chi connectivity index (χ2n) is 3.61. The van der Waals surface area contributed by atoms with Gasteiger partial charge >= 0.3 is 0 Å². The Labute approximate surface area is 105 Å². The van der Waals surface area contributed by atoms with Crippen LogP contribution < -0.4 is 10.5 Å². The van der Waals surface area contributed by atoms with Gasteiger partial charge in [0.15, 0.2) is 0 Å². The van der Waals surface area contributed by atoms with E-state index in [1.807, 2.05) is 36.4 Å². The van der Waals surface area contributed by atoms with Gasteiger partial charge in [-0.3, -0.25) is 4.98 Å². The molecule has 0 atom stereocenters. The maximum atomic E-state index is 5.89. The third-order valence-electron chi connectivity index (χ3n) is 2.29. The van der Waals surface area contributed by atoms with E-state index in [4.69, 9.17) is 22.1 Å². The Morgan fingerprint density at radius 3 is 2.88 bits per heavy atom. The van der Waals surface area contributed by atoms with Crippen LogP contribution in [0.5, 0.6) is 5.75 Å². The standard InChI is InChI=1S/C13H13ClN2O/c14-11-3-1-2-10(6-11)9-17-13-4-5-16-12(7-13)8-15/h1-7H,8-9,15H2. The van der Waals surface area contributed by atoms with Crippen molar-refractivity contribution in [3.05, 3.63) is 58.9 Å². The summed E-state index contributed by atoms with van der Waals surface area (Å²) in [7, 11) is 0. The number of ether oxygens (including phenoxy) is 1. The van der Waals surface area contributed by atoms with Gasteiger partial charge in [0.2, 0.25) is 0 Å². The highest BCUT2D eigenvalue weighted by Crippen LogP contribution is 2.15. The molecule has 0 bridgehead atoms. The van der Waals surface area contributed by atoms with E-state index in [1.165, 1.54) is 0 Å². The van der Waals surface area contributed by atoms with E-state index in [-0.39, 0.29) is 0 Å². The lowest BCUT2D eigenvalue weighted by Gasteiger charge is -2.07. The smallest absolute Gasteiger partial charge is 0.123 e. The van der Waals surface area contributed by atoms with Gasteiger partial charge < -0.3 is 10.5 Å². The molecular weight excluding hydrogens is 236 g/mol. The fourth-order valence-corrected chi connectivity index (χ4v) is 1.66. The lowest BCUT2D eigenvalue weighted by atomic mass is 10.2. The molecule has 0 aliphatic carbocycles. The van der Waals surface area contributed by atoms with E-state index in [1.54, 1.807) is 6.20 Å². The van der Waals surface area contributed by atoms with Gasteiger partial charge in [0.25, 0.3) is 0 Å². The molecule has 0 saturated carbocycles. The number of aromatic nitrogens is 1. The molecule has 0 aliphatic rings. The minimum absolute atomic E-state index is 0.411. The summed E-state index contributed by atoms with van der Waals surface area (Å²) in [6, 6.07) is 11.2. The van der Waals surface area contributed by atoms with Crippen LogP contribution in [-0.4, -0.2) is 4.98 Å². The summed E-state index contributed by atoms with van der Waals surface area (Å²) in [5.41, 5.74) is 7.35. The zero-order valence-electron chi connectivity index (χ0n) is 9.27. The first-order valence-electron chi connectivity index (χ1n) is 5.30. The third-order valence-corrected chi connectivity index (χ3v) is 2.53. The number of hydrogen-bond donors (Lipinski definition) is 1. The predicted octanol–water partition coefficient (Wildman–Crippen LogP) is 2.77. The quantitative estimate of drug-likeness (QED) is 0.905. The number of hydrogen-bond acceptors (Lipinski definition) is 3. The maximum absolute atomic E-state index is 5.89. The lowest BCUT2D eigenvalue weighted by Crippen LogP contribution is -2.01. The van der Waals surface area contributed by atoms with Crippen molar-refractivity contribution in [1.29, 1.82) is 0 Å². The molecule has 0 radical (unpaired) electrons. The van der Waals surface area contributed by atoms with E-state index in [0.29, 0.717) is 18.2 Å². The zero-order valence-corrected chi connectivity index (χ0v) is 10.0. The molecule has 0 aliphatic heterocycles. The minimum atomic E-state index is 0.411. The molecule has 3 nitrogen and oxygen atoms in total. The average molecular weight is 249 g/mol. The van der Waals surface area contributed by atoms with Crippen molar-refractivity contribution >= 4 is 11.6 Å². The Bertz CT molecular complexity index is 502. The molecule has 1 heterocycles. The van der Waals surface area contributed by atoms with Gasteiger partial charge in [-0.2, -0.15) is 0 Å². The Balaban J connectivity index is 2.02. The van der Waals surface area contributed by atoms with Crippen LogP contribution in [0, 0.1) is 0 Å². The van der Waals surface area contributed by atoms with Crippen LogP contribution in [0.15, 0.2) is 42.6 Å². The normalized spacial score (nSPS) is 10.2. The van der Waals surface area contributed by atoms with Crippen LogP contribution in [0.3, 0.4) is 0 Å². The number of nitrogens with zero attached hydrogens (tertiary/aromatic N) is 1. The van der Waals surface area contributed by atoms with Crippen molar-refractivity contribution in [1.82, 2.24) is 4.98 Å². The first kappa shape index (κ1) is 11.9. The van der Waals surface area contributed by atoms with Gasteiger partial charge in [0.05, 0.1) is 5.69 Å². The van der Waals surface area contributed by atoms with Crippen LogP contribution in [0.1, 0.15) is 11.3 Å². The first-order chi connectivity index (χ1) is 8.28. The summed E-state index contributed by atoms with van der Waals surface area (Å²) in [5, 5.41) is 0.712. The van der Waals surface area contributed by atoms with Crippen molar-refractivity contribution in [3.8, 4) is 5.75 Å². The number of halogens is 1.